The lowest BCUT2D eigenvalue weighted by molar-refractivity contribution is 0.0920. The molecule has 0 saturated carbocycles. The topological polar surface area (TPSA) is 107 Å². The number of Topliss-reactive ketones (excluding diaryl/α,β-unsaturated/α-hetero) is 1. The number of anilines is 1. The van der Waals surface area contributed by atoms with Gasteiger partial charge in [-0.1, -0.05) is 30.1 Å². The van der Waals surface area contributed by atoms with Gasteiger partial charge in [-0.05, 0) is 18.6 Å². The third-order valence-electron chi connectivity index (χ3n) is 3.22. The molecular formula is C15H15Cl2N3O4. The van der Waals surface area contributed by atoms with Gasteiger partial charge in [0.2, 0.25) is 5.78 Å². The standard InChI is InChI=1S/C15H15Cl2N3O4/c1-2-5-20-13(18)12(14(22)19-15(20)23)10(21)7-24-11-6-8(16)3-4-9(11)17/h3-4,6H,2,5,7,18H2,1H3,(H,19,22,23). The van der Waals surface area contributed by atoms with Crippen molar-refractivity contribution in [1.82, 2.24) is 9.55 Å². The van der Waals surface area contributed by atoms with Gasteiger partial charge in [0.1, 0.15) is 17.1 Å². The molecule has 0 atom stereocenters. The zero-order valence-corrected chi connectivity index (χ0v) is 14.3. The van der Waals surface area contributed by atoms with Gasteiger partial charge in [-0.3, -0.25) is 19.1 Å². The molecule has 24 heavy (non-hydrogen) atoms. The molecule has 0 radical (unpaired) electrons. The maximum absolute atomic E-state index is 12.3. The quantitative estimate of drug-likeness (QED) is 0.755. The molecule has 0 aliphatic heterocycles. The van der Waals surface area contributed by atoms with Crippen molar-refractivity contribution < 1.29 is 9.53 Å². The molecule has 7 nitrogen and oxygen atoms in total. The second-order valence-corrected chi connectivity index (χ2v) is 5.80. The zero-order chi connectivity index (χ0) is 17.9. The molecule has 1 aromatic heterocycles. The summed E-state index contributed by atoms with van der Waals surface area (Å²) in [5.41, 5.74) is 3.99. The normalized spacial score (nSPS) is 10.6. The summed E-state index contributed by atoms with van der Waals surface area (Å²) in [5, 5.41) is 0.653. The molecule has 0 spiro atoms. The van der Waals surface area contributed by atoms with Gasteiger partial charge in [-0.15, -0.1) is 0 Å². The monoisotopic (exact) mass is 371 g/mol. The molecule has 9 heteroatoms. The van der Waals surface area contributed by atoms with E-state index in [-0.39, 0.29) is 28.7 Å². The predicted octanol–water partition coefficient (Wildman–Crippen LogP) is 2.10. The fourth-order valence-corrected chi connectivity index (χ4v) is 2.44. The Balaban J connectivity index is 2.30. The van der Waals surface area contributed by atoms with Crippen LogP contribution in [0.3, 0.4) is 0 Å². The van der Waals surface area contributed by atoms with Gasteiger partial charge >= 0.3 is 5.69 Å². The van der Waals surface area contributed by atoms with Crippen molar-refractivity contribution in [2.24, 2.45) is 0 Å². The third-order valence-corrected chi connectivity index (χ3v) is 3.77. The first-order valence-electron chi connectivity index (χ1n) is 7.08. The number of H-pyrrole nitrogens is 1. The number of ketones is 1. The van der Waals surface area contributed by atoms with E-state index in [1.165, 1.54) is 12.1 Å². The number of benzene rings is 1. The number of aromatic amines is 1. The van der Waals surface area contributed by atoms with Crippen LogP contribution >= 0.6 is 23.2 Å². The smallest absolute Gasteiger partial charge is 0.329 e. The number of nitrogens with two attached hydrogens (primary N) is 1. The molecular weight excluding hydrogens is 357 g/mol. The number of nitrogen functional groups attached to an aromatic ring is 1. The lowest BCUT2D eigenvalue weighted by Crippen LogP contribution is -2.37. The lowest BCUT2D eigenvalue weighted by atomic mass is 10.2. The van der Waals surface area contributed by atoms with E-state index in [9.17, 15) is 14.4 Å². The van der Waals surface area contributed by atoms with Crippen LogP contribution < -0.4 is 21.7 Å². The van der Waals surface area contributed by atoms with Gasteiger partial charge in [0.25, 0.3) is 5.56 Å². The highest BCUT2D eigenvalue weighted by atomic mass is 35.5. The number of hydrogen-bond donors (Lipinski definition) is 2. The second-order valence-electron chi connectivity index (χ2n) is 4.96. The van der Waals surface area contributed by atoms with Crippen LogP contribution in [-0.2, 0) is 6.54 Å². The van der Waals surface area contributed by atoms with E-state index in [0.717, 1.165) is 4.57 Å². The van der Waals surface area contributed by atoms with Crippen LogP contribution in [0.2, 0.25) is 10.0 Å². The van der Waals surface area contributed by atoms with E-state index in [4.69, 9.17) is 33.7 Å². The first-order valence-corrected chi connectivity index (χ1v) is 7.84. The molecule has 0 aliphatic carbocycles. The predicted molar refractivity (Wildman–Crippen MR) is 92.3 cm³/mol. The fourth-order valence-electron chi connectivity index (χ4n) is 2.11. The van der Waals surface area contributed by atoms with Gasteiger partial charge in [0, 0.05) is 17.6 Å². The Kier molecular flexibility index (Phi) is 5.69. The van der Waals surface area contributed by atoms with Crippen LogP contribution in [0.5, 0.6) is 5.75 Å². The summed E-state index contributed by atoms with van der Waals surface area (Å²) >= 11 is 11.8. The van der Waals surface area contributed by atoms with Crippen molar-refractivity contribution >= 4 is 34.8 Å². The number of aromatic nitrogens is 2. The number of ether oxygens (including phenoxy) is 1. The van der Waals surface area contributed by atoms with Crippen molar-refractivity contribution in [2.75, 3.05) is 12.3 Å². The number of hydrogen-bond acceptors (Lipinski definition) is 5. The zero-order valence-electron chi connectivity index (χ0n) is 12.8. The molecule has 3 N–H and O–H groups in total. The minimum Gasteiger partial charge on any atom is -0.484 e. The molecule has 0 bridgehead atoms. The average Bonchev–Trinajstić information content (AvgIpc) is 2.52. The van der Waals surface area contributed by atoms with E-state index in [1.807, 2.05) is 6.92 Å². The van der Waals surface area contributed by atoms with E-state index in [2.05, 4.69) is 4.98 Å². The molecule has 0 unspecified atom stereocenters. The fraction of sp³-hybridized carbons (Fsp3) is 0.267. The van der Waals surface area contributed by atoms with Crippen molar-refractivity contribution in [2.45, 2.75) is 19.9 Å². The van der Waals surface area contributed by atoms with Crippen molar-refractivity contribution in [3.05, 3.63) is 54.6 Å². The van der Waals surface area contributed by atoms with Crippen molar-refractivity contribution in [1.29, 1.82) is 0 Å². The maximum Gasteiger partial charge on any atom is 0.329 e. The summed E-state index contributed by atoms with van der Waals surface area (Å²) in [6.07, 6.45) is 0.610. The Bertz CT molecular complexity index is 889. The highest BCUT2D eigenvalue weighted by molar-refractivity contribution is 6.34. The van der Waals surface area contributed by atoms with Gasteiger partial charge in [0.15, 0.2) is 6.61 Å². The van der Waals surface area contributed by atoms with Gasteiger partial charge < -0.3 is 10.5 Å². The molecule has 0 saturated heterocycles. The minimum atomic E-state index is -0.851. The summed E-state index contributed by atoms with van der Waals surface area (Å²) in [6, 6.07) is 4.54. The van der Waals surface area contributed by atoms with E-state index >= 15 is 0 Å². The van der Waals surface area contributed by atoms with Crippen LogP contribution in [0, 0.1) is 0 Å². The summed E-state index contributed by atoms with van der Waals surface area (Å²) < 4.78 is 6.45. The Labute approximate surface area is 147 Å². The number of halogens is 2. The third kappa shape index (κ3) is 3.80. The Morgan fingerprint density at radius 1 is 1.33 bits per heavy atom. The van der Waals surface area contributed by atoms with Gasteiger partial charge in [-0.2, -0.15) is 0 Å². The summed E-state index contributed by atoms with van der Waals surface area (Å²) in [7, 11) is 0. The van der Waals surface area contributed by atoms with Crippen molar-refractivity contribution in [3.8, 4) is 5.75 Å². The second kappa shape index (κ2) is 7.55. The molecule has 0 fully saturated rings. The van der Waals surface area contributed by atoms with Crippen LogP contribution in [0.1, 0.15) is 23.7 Å². The molecule has 2 aromatic rings. The van der Waals surface area contributed by atoms with E-state index in [0.29, 0.717) is 11.4 Å². The highest BCUT2D eigenvalue weighted by Gasteiger charge is 2.20. The number of carbonyl (C=O) groups excluding carboxylic acids is 1. The SMILES string of the molecule is CCCn1c(N)c(C(=O)COc2cc(Cl)ccc2Cl)c(=O)[nH]c1=O. The molecule has 1 aromatic carbocycles. The summed E-state index contributed by atoms with van der Waals surface area (Å²) in [4.78, 5) is 38.0. The number of carbonyl (C=O) groups is 1. The Hall–Kier alpha value is -2.25. The largest absolute Gasteiger partial charge is 0.484 e. The van der Waals surface area contributed by atoms with Gasteiger partial charge in [-0.25, -0.2) is 4.79 Å². The van der Waals surface area contributed by atoms with Crippen LogP contribution in [0.15, 0.2) is 27.8 Å². The minimum absolute atomic E-state index is 0.184. The molecule has 0 aliphatic rings. The van der Waals surface area contributed by atoms with Gasteiger partial charge in [0.05, 0.1) is 5.02 Å². The van der Waals surface area contributed by atoms with Crippen LogP contribution in [0.25, 0.3) is 0 Å². The lowest BCUT2D eigenvalue weighted by Gasteiger charge is -2.12. The Morgan fingerprint density at radius 2 is 2.04 bits per heavy atom. The van der Waals surface area contributed by atoms with Crippen LogP contribution in [0.4, 0.5) is 5.82 Å². The number of nitrogens with one attached hydrogen (secondary N) is 1. The average molecular weight is 372 g/mol. The first-order chi connectivity index (χ1) is 11.3. The molecule has 128 valence electrons. The summed E-state index contributed by atoms with van der Waals surface area (Å²) in [6.45, 7) is 1.64. The van der Waals surface area contributed by atoms with Crippen molar-refractivity contribution in [3.63, 3.8) is 0 Å². The van der Waals surface area contributed by atoms with E-state index < -0.39 is 23.6 Å². The first kappa shape index (κ1) is 18.1. The molecule has 0 amide bonds. The number of nitrogens with zero attached hydrogens (tertiary/aromatic N) is 1. The molecule has 2 rings (SSSR count). The van der Waals surface area contributed by atoms with E-state index in [1.54, 1.807) is 6.07 Å². The summed E-state index contributed by atoms with van der Waals surface area (Å²) in [5.74, 6) is -0.652. The number of rotatable bonds is 6. The Morgan fingerprint density at radius 3 is 2.71 bits per heavy atom. The molecule has 1 heterocycles. The maximum atomic E-state index is 12.3. The highest BCUT2D eigenvalue weighted by Crippen LogP contribution is 2.27. The van der Waals surface area contributed by atoms with Crippen LogP contribution in [-0.4, -0.2) is 21.9 Å².